The van der Waals surface area contributed by atoms with Crippen LogP contribution in [-0.4, -0.2) is 46.6 Å². The van der Waals surface area contributed by atoms with Gasteiger partial charge in [0.15, 0.2) is 9.84 Å². The number of benzene rings is 1. The second-order valence-corrected chi connectivity index (χ2v) is 10.3. The van der Waals surface area contributed by atoms with Gasteiger partial charge in [-0.3, -0.25) is 0 Å². The third-order valence-corrected chi connectivity index (χ3v) is 8.13. The number of ether oxygens (including phenoxy) is 1. The van der Waals surface area contributed by atoms with Crippen molar-refractivity contribution in [2.45, 2.75) is 15.9 Å². The summed E-state index contributed by atoms with van der Waals surface area (Å²) >= 11 is 5.97. The molecule has 10 heteroatoms. The zero-order chi connectivity index (χ0) is 18.2. The normalized spacial score (nSPS) is 16.6. The van der Waals surface area contributed by atoms with Gasteiger partial charge in [0.2, 0.25) is 10.0 Å². The van der Waals surface area contributed by atoms with Gasteiger partial charge in [-0.05, 0) is 30.3 Å². The van der Waals surface area contributed by atoms with Crippen molar-refractivity contribution >= 4 is 31.5 Å². The first-order chi connectivity index (χ1) is 11.7. The Kier molecular flexibility index (Phi) is 4.84. The third kappa shape index (κ3) is 3.55. The summed E-state index contributed by atoms with van der Waals surface area (Å²) in [5.41, 5.74) is 0. The van der Waals surface area contributed by atoms with Crippen LogP contribution in [0.5, 0.6) is 5.75 Å². The number of sulfonamides is 1. The molecule has 2 heterocycles. The molecule has 1 fully saturated rings. The van der Waals surface area contributed by atoms with Crippen molar-refractivity contribution in [3.8, 4) is 5.75 Å². The number of rotatable bonds is 6. The van der Waals surface area contributed by atoms with E-state index in [0.29, 0.717) is 11.5 Å². The number of hydrogen-bond acceptors (Lipinski definition) is 6. The van der Waals surface area contributed by atoms with Gasteiger partial charge in [-0.15, -0.1) is 0 Å². The van der Waals surface area contributed by atoms with E-state index in [1.54, 1.807) is 12.1 Å². The lowest BCUT2D eigenvalue weighted by atomic mass is 10.3. The maximum Gasteiger partial charge on any atom is 0.243 e. The first-order valence-corrected chi connectivity index (χ1v) is 10.8. The Labute approximate surface area is 151 Å². The molecule has 0 aliphatic carbocycles. The Morgan fingerprint density at radius 1 is 1.24 bits per heavy atom. The summed E-state index contributed by atoms with van der Waals surface area (Å²) in [6, 6.07) is 7.31. The fraction of sp³-hybridized carbons (Fsp3) is 0.333. The highest BCUT2D eigenvalue weighted by Crippen LogP contribution is 2.31. The van der Waals surface area contributed by atoms with Gasteiger partial charge in [0, 0.05) is 13.1 Å². The van der Waals surface area contributed by atoms with E-state index in [0.717, 1.165) is 4.31 Å². The quantitative estimate of drug-likeness (QED) is 0.728. The first-order valence-electron chi connectivity index (χ1n) is 7.31. The van der Waals surface area contributed by atoms with Crippen LogP contribution in [0, 0.1) is 0 Å². The van der Waals surface area contributed by atoms with Gasteiger partial charge in [0.25, 0.3) is 0 Å². The van der Waals surface area contributed by atoms with Crippen molar-refractivity contribution in [2.24, 2.45) is 0 Å². The van der Waals surface area contributed by atoms with E-state index in [2.05, 4.69) is 0 Å². The lowest BCUT2D eigenvalue weighted by Crippen LogP contribution is -2.56. The highest BCUT2D eigenvalue weighted by molar-refractivity contribution is 7.92. The molecule has 1 aliphatic rings. The Bertz CT molecular complexity index is 963. The van der Waals surface area contributed by atoms with E-state index >= 15 is 0 Å². The molecule has 1 aromatic heterocycles. The van der Waals surface area contributed by atoms with Gasteiger partial charge in [0.1, 0.15) is 17.3 Å². The fourth-order valence-corrected chi connectivity index (χ4v) is 6.17. The van der Waals surface area contributed by atoms with Crippen molar-refractivity contribution in [3.05, 3.63) is 47.4 Å². The van der Waals surface area contributed by atoms with E-state index in [-0.39, 0.29) is 28.8 Å². The fourth-order valence-electron chi connectivity index (χ4n) is 2.49. The van der Waals surface area contributed by atoms with Crippen molar-refractivity contribution in [3.63, 3.8) is 0 Å². The molecule has 0 radical (unpaired) electrons. The standard InChI is InChI=1S/C15H16ClNO6S2/c1-22-15-5-4-12(7-14(15)16)25(20,21)17-8-13(9-17)24(18,19)10-11-3-2-6-23-11/h2-7,13H,8-10H2,1H3. The number of sulfone groups is 1. The molecule has 1 saturated heterocycles. The lowest BCUT2D eigenvalue weighted by Gasteiger charge is -2.37. The minimum Gasteiger partial charge on any atom is -0.495 e. The number of nitrogens with zero attached hydrogens (tertiary/aromatic N) is 1. The maximum absolute atomic E-state index is 12.6. The van der Waals surface area contributed by atoms with Crippen molar-refractivity contribution < 1.29 is 26.0 Å². The lowest BCUT2D eigenvalue weighted by molar-refractivity contribution is 0.309. The SMILES string of the molecule is COc1ccc(S(=O)(=O)N2CC(S(=O)(=O)Cc3ccco3)C2)cc1Cl. The molecule has 7 nitrogen and oxygen atoms in total. The van der Waals surface area contributed by atoms with Gasteiger partial charge in [-0.25, -0.2) is 16.8 Å². The Morgan fingerprint density at radius 2 is 1.96 bits per heavy atom. The minimum atomic E-state index is -3.80. The molecule has 0 amide bonds. The Hall–Kier alpha value is -1.55. The number of hydrogen-bond donors (Lipinski definition) is 0. The van der Waals surface area contributed by atoms with Crippen LogP contribution in [0.25, 0.3) is 0 Å². The smallest absolute Gasteiger partial charge is 0.243 e. The van der Waals surface area contributed by atoms with E-state index in [1.807, 2.05) is 0 Å². The number of halogens is 1. The highest BCUT2D eigenvalue weighted by atomic mass is 35.5. The molecule has 0 bridgehead atoms. The van der Waals surface area contributed by atoms with Crippen LogP contribution in [-0.2, 0) is 25.6 Å². The van der Waals surface area contributed by atoms with Crippen LogP contribution in [0.2, 0.25) is 5.02 Å². The summed E-state index contributed by atoms with van der Waals surface area (Å²) in [7, 11) is -5.86. The van der Waals surface area contributed by atoms with Crippen molar-refractivity contribution in [2.75, 3.05) is 20.2 Å². The van der Waals surface area contributed by atoms with Gasteiger partial charge in [-0.1, -0.05) is 11.6 Å². The van der Waals surface area contributed by atoms with Crippen molar-refractivity contribution in [1.82, 2.24) is 4.31 Å². The largest absolute Gasteiger partial charge is 0.495 e. The van der Waals surface area contributed by atoms with Gasteiger partial charge in [-0.2, -0.15) is 4.31 Å². The molecule has 1 aliphatic heterocycles. The van der Waals surface area contributed by atoms with Crippen LogP contribution in [0.15, 0.2) is 45.9 Å². The zero-order valence-electron chi connectivity index (χ0n) is 13.3. The van der Waals surface area contributed by atoms with E-state index in [1.165, 1.54) is 31.6 Å². The van der Waals surface area contributed by atoms with Crippen LogP contribution in [0.1, 0.15) is 5.76 Å². The molecule has 136 valence electrons. The summed E-state index contributed by atoms with van der Waals surface area (Å²) in [5, 5.41) is -0.577. The molecule has 0 spiro atoms. The highest BCUT2D eigenvalue weighted by Gasteiger charge is 2.43. The topological polar surface area (TPSA) is 93.9 Å². The molecular formula is C15H16ClNO6S2. The van der Waals surface area contributed by atoms with Gasteiger partial charge < -0.3 is 9.15 Å². The second-order valence-electron chi connectivity index (χ2n) is 5.63. The van der Waals surface area contributed by atoms with Gasteiger partial charge >= 0.3 is 0 Å². The average molecular weight is 406 g/mol. The van der Waals surface area contributed by atoms with E-state index in [4.69, 9.17) is 20.8 Å². The van der Waals surface area contributed by atoms with Gasteiger partial charge in [0.05, 0.1) is 28.5 Å². The number of methoxy groups -OCH3 is 1. The Morgan fingerprint density at radius 3 is 2.52 bits per heavy atom. The molecule has 3 rings (SSSR count). The summed E-state index contributed by atoms with van der Waals surface area (Å²) in [4.78, 5) is 0.000169. The van der Waals surface area contributed by atoms with Crippen LogP contribution in [0.4, 0.5) is 0 Å². The summed E-state index contributed by atoms with van der Waals surface area (Å²) in [6.45, 7) is -0.177. The molecule has 2 aromatic rings. The van der Waals surface area contributed by atoms with Crippen LogP contribution >= 0.6 is 11.6 Å². The summed E-state index contributed by atoms with van der Waals surface area (Å²) < 4.78 is 60.9. The predicted octanol–water partition coefficient (Wildman–Crippen LogP) is 1.93. The Balaban J connectivity index is 1.72. The van der Waals surface area contributed by atoms with Crippen molar-refractivity contribution in [1.29, 1.82) is 0 Å². The third-order valence-electron chi connectivity index (χ3n) is 4.01. The summed E-state index contributed by atoms with van der Waals surface area (Å²) in [5.74, 6) is 0.457. The molecule has 0 unspecified atom stereocenters. The number of furan rings is 1. The monoisotopic (exact) mass is 405 g/mol. The molecule has 25 heavy (non-hydrogen) atoms. The molecule has 1 aromatic carbocycles. The molecule has 0 atom stereocenters. The second kappa shape index (κ2) is 6.64. The van der Waals surface area contributed by atoms with E-state index < -0.39 is 25.1 Å². The zero-order valence-corrected chi connectivity index (χ0v) is 15.6. The minimum absolute atomic E-state index is 0.000169. The van der Waals surface area contributed by atoms with Crippen LogP contribution < -0.4 is 4.74 Å². The maximum atomic E-state index is 12.6. The molecule has 0 saturated carbocycles. The predicted molar refractivity (Wildman–Crippen MR) is 91.9 cm³/mol. The van der Waals surface area contributed by atoms with Crippen LogP contribution in [0.3, 0.4) is 0 Å². The van der Waals surface area contributed by atoms with E-state index in [9.17, 15) is 16.8 Å². The molecule has 0 N–H and O–H groups in total. The average Bonchev–Trinajstić information content (AvgIpc) is 2.96. The molecular weight excluding hydrogens is 390 g/mol. The summed E-state index contributed by atoms with van der Waals surface area (Å²) in [6.07, 6.45) is 1.40. The first kappa shape index (κ1) is 18.2.